The molecule has 1 N–H and O–H groups in total. The number of carbonyl (C=O) groups excluding carboxylic acids is 1. The number of carbonyl (C=O) groups is 1. The van der Waals surface area contributed by atoms with Crippen LogP contribution in [0.4, 0.5) is 0 Å². The van der Waals surface area contributed by atoms with Crippen LogP contribution in [0.25, 0.3) is 22.3 Å². The summed E-state index contributed by atoms with van der Waals surface area (Å²) < 4.78 is 11.2. The molecule has 1 aromatic heterocycles. The SMILES string of the molecule is CCOc1ccc(-c2nc(C(=O)NCCCN3CC[C@H](OCC)C3)c3ccccc3n2)cc1. The molecule has 4 rings (SSSR count). The lowest BCUT2D eigenvalue weighted by Gasteiger charge is -2.16. The van der Waals surface area contributed by atoms with Crippen molar-refractivity contribution >= 4 is 16.8 Å². The molecular formula is C26H32N4O3. The molecule has 1 atom stereocenters. The predicted octanol–water partition coefficient (Wildman–Crippen LogP) is 3.93. The Bertz CT molecular complexity index is 1070. The van der Waals surface area contributed by atoms with E-state index in [1.54, 1.807) is 0 Å². The highest BCUT2D eigenvalue weighted by Gasteiger charge is 2.22. The molecule has 0 unspecified atom stereocenters. The highest BCUT2D eigenvalue weighted by Crippen LogP contribution is 2.24. The number of ether oxygens (including phenoxy) is 2. The summed E-state index contributed by atoms with van der Waals surface area (Å²) in [6, 6.07) is 15.3. The van der Waals surface area contributed by atoms with E-state index in [4.69, 9.17) is 9.47 Å². The van der Waals surface area contributed by atoms with Crippen LogP contribution in [0.5, 0.6) is 5.75 Å². The normalized spacial score (nSPS) is 16.2. The molecular weight excluding hydrogens is 416 g/mol. The molecule has 33 heavy (non-hydrogen) atoms. The summed E-state index contributed by atoms with van der Waals surface area (Å²) in [6.07, 6.45) is 2.32. The summed E-state index contributed by atoms with van der Waals surface area (Å²) in [6.45, 7) is 8.95. The zero-order valence-corrected chi connectivity index (χ0v) is 19.4. The van der Waals surface area contributed by atoms with Crippen LogP contribution < -0.4 is 10.1 Å². The van der Waals surface area contributed by atoms with E-state index in [9.17, 15) is 4.79 Å². The molecule has 1 aliphatic rings. The Hall–Kier alpha value is -3.03. The summed E-state index contributed by atoms with van der Waals surface area (Å²) in [5.74, 6) is 1.15. The number of aromatic nitrogens is 2. The van der Waals surface area contributed by atoms with E-state index in [1.807, 2.05) is 62.4 Å². The first kappa shape index (κ1) is 23.1. The first-order valence-electron chi connectivity index (χ1n) is 11.8. The Labute approximate surface area is 195 Å². The Morgan fingerprint density at radius 2 is 1.91 bits per heavy atom. The van der Waals surface area contributed by atoms with Gasteiger partial charge in [-0.15, -0.1) is 0 Å². The van der Waals surface area contributed by atoms with Crippen LogP contribution >= 0.6 is 0 Å². The Morgan fingerprint density at radius 1 is 1.09 bits per heavy atom. The van der Waals surface area contributed by atoms with E-state index in [-0.39, 0.29) is 5.91 Å². The summed E-state index contributed by atoms with van der Waals surface area (Å²) in [5, 5.41) is 3.80. The van der Waals surface area contributed by atoms with Gasteiger partial charge >= 0.3 is 0 Å². The number of hydrogen-bond acceptors (Lipinski definition) is 6. The molecule has 2 aromatic carbocycles. The van der Waals surface area contributed by atoms with Crippen LogP contribution in [0.1, 0.15) is 37.2 Å². The van der Waals surface area contributed by atoms with E-state index >= 15 is 0 Å². The number of amides is 1. The minimum Gasteiger partial charge on any atom is -0.494 e. The lowest BCUT2D eigenvalue weighted by atomic mass is 10.1. The number of para-hydroxylation sites is 1. The molecule has 7 nitrogen and oxygen atoms in total. The largest absolute Gasteiger partial charge is 0.494 e. The fourth-order valence-electron chi connectivity index (χ4n) is 4.21. The lowest BCUT2D eigenvalue weighted by Crippen LogP contribution is -2.30. The van der Waals surface area contributed by atoms with Gasteiger partial charge in [-0.05, 0) is 63.6 Å². The fraction of sp³-hybridized carbons (Fsp3) is 0.423. The summed E-state index contributed by atoms with van der Waals surface area (Å²) in [4.78, 5) is 24.8. The number of rotatable bonds is 10. The van der Waals surface area contributed by atoms with Crippen molar-refractivity contribution in [2.75, 3.05) is 39.4 Å². The van der Waals surface area contributed by atoms with Gasteiger partial charge in [0.25, 0.3) is 5.91 Å². The first-order valence-corrected chi connectivity index (χ1v) is 11.8. The third-order valence-electron chi connectivity index (χ3n) is 5.81. The van der Waals surface area contributed by atoms with Crippen LogP contribution in [0.15, 0.2) is 48.5 Å². The molecule has 3 aromatic rings. The second-order valence-electron chi connectivity index (χ2n) is 8.15. The highest BCUT2D eigenvalue weighted by atomic mass is 16.5. The molecule has 0 radical (unpaired) electrons. The quantitative estimate of drug-likeness (QED) is 0.474. The standard InChI is InChI=1S/C26H32N4O3/c1-3-32-20-12-10-19(11-13-20)25-28-23-9-6-5-8-22(23)24(29-25)26(31)27-15-7-16-30-17-14-21(18-30)33-4-2/h5-6,8-13,21H,3-4,7,14-18H2,1-2H3,(H,27,31)/t21-/m0/s1. The molecule has 1 amide bonds. The van der Waals surface area contributed by atoms with Gasteiger partial charge in [-0.25, -0.2) is 9.97 Å². The van der Waals surface area contributed by atoms with Crippen LogP contribution in [-0.4, -0.2) is 66.3 Å². The van der Waals surface area contributed by atoms with Crippen LogP contribution in [0, 0.1) is 0 Å². The van der Waals surface area contributed by atoms with Crippen LogP contribution in [0.3, 0.4) is 0 Å². The maximum Gasteiger partial charge on any atom is 0.270 e. The van der Waals surface area contributed by atoms with Crippen LogP contribution in [0.2, 0.25) is 0 Å². The second kappa shape index (κ2) is 11.2. The van der Waals surface area contributed by atoms with E-state index in [1.165, 1.54) is 0 Å². The number of fused-ring (bicyclic) bond motifs is 1. The molecule has 0 spiro atoms. The van der Waals surface area contributed by atoms with Crippen molar-refractivity contribution < 1.29 is 14.3 Å². The van der Waals surface area contributed by atoms with Gasteiger partial charge in [0.1, 0.15) is 11.4 Å². The Balaban J connectivity index is 1.43. The van der Waals surface area contributed by atoms with Crippen molar-refractivity contribution in [1.82, 2.24) is 20.2 Å². The van der Waals surface area contributed by atoms with E-state index in [0.29, 0.717) is 30.8 Å². The number of likely N-dealkylation sites (tertiary alicyclic amines) is 1. The monoisotopic (exact) mass is 448 g/mol. The fourth-order valence-corrected chi connectivity index (χ4v) is 4.21. The zero-order chi connectivity index (χ0) is 23.0. The topological polar surface area (TPSA) is 76.6 Å². The van der Waals surface area contributed by atoms with E-state index in [0.717, 1.165) is 61.3 Å². The van der Waals surface area contributed by atoms with E-state index in [2.05, 4.69) is 20.2 Å². The number of nitrogens with zero attached hydrogens (tertiary/aromatic N) is 3. The smallest absolute Gasteiger partial charge is 0.270 e. The highest BCUT2D eigenvalue weighted by molar-refractivity contribution is 6.04. The third kappa shape index (κ3) is 5.86. The van der Waals surface area contributed by atoms with E-state index < -0.39 is 0 Å². The molecule has 1 aliphatic heterocycles. The van der Waals surface area contributed by atoms with Crippen molar-refractivity contribution in [3.05, 3.63) is 54.2 Å². The Morgan fingerprint density at radius 3 is 2.70 bits per heavy atom. The zero-order valence-electron chi connectivity index (χ0n) is 19.4. The van der Waals surface area contributed by atoms with Crippen LogP contribution in [-0.2, 0) is 4.74 Å². The molecule has 0 aliphatic carbocycles. The van der Waals surface area contributed by atoms with Gasteiger partial charge in [-0.1, -0.05) is 18.2 Å². The van der Waals surface area contributed by atoms with Gasteiger partial charge < -0.3 is 19.7 Å². The van der Waals surface area contributed by atoms with Gasteiger partial charge in [0.2, 0.25) is 0 Å². The van der Waals surface area contributed by atoms with Gasteiger partial charge in [0.05, 0.1) is 18.2 Å². The minimum absolute atomic E-state index is 0.172. The molecule has 1 fully saturated rings. The van der Waals surface area contributed by atoms with Gasteiger partial charge in [0, 0.05) is 37.2 Å². The Kier molecular flexibility index (Phi) is 7.86. The summed E-state index contributed by atoms with van der Waals surface area (Å²) >= 11 is 0. The number of nitrogens with one attached hydrogen (secondary N) is 1. The summed E-state index contributed by atoms with van der Waals surface area (Å²) in [5.41, 5.74) is 2.00. The molecule has 1 saturated heterocycles. The lowest BCUT2D eigenvalue weighted by molar-refractivity contribution is 0.0687. The first-order chi connectivity index (χ1) is 16.2. The summed E-state index contributed by atoms with van der Waals surface area (Å²) in [7, 11) is 0. The minimum atomic E-state index is -0.172. The average molecular weight is 449 g/mol. The number of benzene rings is 2. The van der Waals surface area contributed by atoms with Gasteiger partial charge in [-0.2, -0.15) is 0 Å². The van der Waals surface area contributed by atoms with Crippen molar-refractivity contribution in [3.63, 3.8) is 0 Å². The molecule has 2 heterocycles. The third-order valence-corrected chi connectivity index (χ3v) is 5.81. The molecule has 7 heteroatoms. The van der Waals surface area contributed by atoms with Gasteiger partial charge in [-0.3, -0.25) is 4.79 Å². The molecule has 0 bridgehead atoms. The van der Waals surface area contributed by atoms with Gasteiger partial charge in [0.15, 0.2) is 5.82 Å². The molecule has 174 valence electrons. The van der Waals surface area contributed by atoms with Crippen molar-refractivity contribution in [3.8, 4) is 17.1 Å². The predicted molar refractivity (Wildman–Crippen MR) is 130 cm³/mol. The molecule has 0 saturated carbocycles. The van der Waals surface area contributed by atoms with Crippen molar-refractivity contribution in [2.24, 2.45) is 0 Å². The number of hydrogen-bond donors (Lipinski definition) is 1. The maximum absolute atomic E-state index is 13.1. The van der Waals surface area contributed by atoms with Crippen molar-refractivity contribution in [2.45, 2.75) is 32.8 Å². The maximum atomic E-state index is 13.1. The average Bonchev–Trinajstić information content (AvgIpc) is 3.29. The van der Waals surface area contributed by atoms with Crippen molar-refractivity contribution in [1.29, 1.82) is 0 Å². The second-order valence-corrected chi connectivity index (χ2v) is 8.15.